The number of anilines is 1. The Labute approximate surface area is 191 Å². The molecular weight excluding hydrogens is 428 g/mol. The molecule has 166 valence electrons. The minimum Gasteiger partial charge on any atom is -0.493 e. The van der Waals surface area contributed by atoms with Gasteiger partial charge in [0.15, 0.2) is 16.7 Å². The highest BCUT2D eigenvalue weighted by atomic mass is 32.2. The van der Waals surface area contributed by atoms with Crippen LogP contribution in [-0.4, -0.2) is 38.2 Å². The number of allylic oxidation sites excluding steroid dienone is 1. The maximum atomic E-state index is 13.3. The Morgan fingerprint density at radius 1 is 1.16 bits per heavy atom. The molecule has 0 bridgehead atoms. The number of ether oxygens (including phenoxy) is 3. The maximum Gasteiger partial charge on any atom is 0.255 e. The average molecular weight is 453 g/mol. The normalized spacial score (nSPS) is 15.2. The average Bonchev–Trinajstić information content (AvgIpc) is 2.81. The molecule has 0 spiro atoms. The van der Waals surface area contributed by atoms with Crippen molar-refractivity contribution in [1.29, 1.82) is 5.26 Å². The van der Waals surface area contributed by atoms with E-state index in [1.165, 1.54) is 33.1 Å². The van der Waals surface area contributed by atoms with Crippen molar-refractivity contribution in [2.24, 2.45) is 4.99 Å². The van der Waals surface area contributed by atoms with E-state index in [1.807, 2.05) is 37.3 Å². The molecule has 1 atom stereocenters. The van der Waals surface area contributed by atoms with Crippen LogP contribution in [0, 0.1) is 11.3 Å². The highest BCUT2D eigenvalue weighted by Crippen LogP contribution is 2.43. The fraction of sp³-hybridized carbons (Fsp3) is 0.261. The molecular formula is C23H24N4O4S. The lowest BCUT2D eigenvalue weighted by molar-refractivity contribution is -0.113. The molecule has 2 N–H and O–H groups in total. The van der Waals surface area contributed by atoms with Gasteiger partial charge in [0.05, 0.1) is 38.7 Å². The van der Waals surface area contributed by atoms with Crippen molar-refractivity contribution in [3.8, 4) is 23.3 Å². The van der Waals surface area contributed by atoms with Gasteiger partial charge in [-0.15, -0.1) is 0 Å². The Morgan fingerprint density at radius 2 is 1.81 bits per heavy atom. The highest BCUT2D eigenvalue weighted by Gasteiger charge is 2.31. The van der Waals surface area contributed by atoms with Crippen LogP contribution in [0.4, 0.5) is 5.69 Å². The van der Waals surface area contributed by atoms with E-state index in [0.717, 1.165) is 0 Å². The summed E-state index contributed by atoms with van der Waals surface area (Å²) in [5.74, 6) is 1.32. The van der Waals surface area contributed by atoms with Gasteiger partial charge in [0, 0.05) is 11.4 Å². The van der Waals surface area contributed by atoms with Crippen LogP contribution >= 0.6 is 11.8 Å². The van der Waals surface area contributed by atoms with E-state index >= 15 is 0 Å². The molecule has 2 aromatic carbocycles. The van der Waals surface area contributed by atoms with E-state index in [4.69, 9.17) is 24.5 Å². The monoisotopic (exact) mass is 452 g/mol. The molecule has 1 heterocycles. The molecule has 32 heavy (non-hydrogen) atoms. The summed E-state index contributed by atoms with van der Waals surface area (Å²) in [6.07, 6.45) is 0. The van der Waals surface area contributed by atoms with Crippen LogP contribution < -0.4 is 24.8 Å². The SMILES string of the molecule is COc1cc([C@@H]2N=C(SCC#N)NC(C)=C2C(=O)Nc2ccccc2)cc(OC)c1OC. The van der Waals surface area contributed by atoms with E-state index in [9.17, 15) is 4.79 Å². The number of amidine groups is 1. The fourth-order valence-electron chi connectivity index (χ4n) is 3.34. The summed E-state index contributed by atoms with van der Waals surface area (Å²) < 4.78 is 16.4. The van der Waals surface area contributed by atoms with Gasteiger partial charge in [-0.3, -0.25) is 4.79 Å². The van der Waals surface area contributed by atoms with Crippen LogP contribution in [0.1, 0.15) is 18.5 Å². The number of aliphatic imine (C=N–C) groups is 1. The number of hydrogen-bond donors (Lipinski definition) is 2. The summed E-state index contributed by atoms with van der Waals surface area (Å²) in [6.45, 7) is 1.81. The second-order valence-corrected chi connectivity index (χ2v) is 7.69. The van der Waals surface area contributed by atoms with Gasteiger partial charge >= 0.3 is 0 Å². The first-order valence-corrected chi connectivity index (χ1v) is 10.7. The number of carbonyl (C=O) groups excluding carboxylic acids is 1. The molecule has 0 aromatic heterocycles. The summed E-state index contributed by atoms with van der Waals surface area (Å²) in [7, 11) is 4.60. The van der Waals surface area contributed by atoms with E-state index in [0.29, 0.717) is 44.9 Å². The molecule has 0 saturated carbocycles. The van der Waals surface area contributed by atoms with Crippen molar-refractivity contribution in [1.82, 2.24) is 5.32 Å². The number of rotatable bonds is 7. The molecule has 1 amide bonds. The molecule has 0 saturated heterocycles. The van der Waals surface area contributed by atoms with Crippen LogP contribution in [0.25, 0.3) is 0 Å². The number of methoxy groups -OCH3 is 3. The minimum atomic E-state index is -0.644. The van der Waals surface area contributed by atoms with Crippen LogP contribution in [0.2, 0.25) is 0 Å². The number of para-hydroxylation sites is 1. The topological polar surface area (TPSA) is 105 Å². The first kappa shape index (κ1) is 23.0. The van der Waals surface area contributed by atoms with Gasteiger partial charge in [0.25, 0.3) is 5.91 Å². The van der Waals surface area contributed by atoms with Crippen LogP contribution in [0.3, 0.4) is 0 Å². The van der Waals surface area contributed by atoms with Crippen LogP contribution in [-0.2, 0) is 4.79 Å². The minimum absolute atomic E-state index is 0.229. The second-order valence-electron chi connectivity index (χ2n) is 6.73. The van der Waals surface area contributed by atoms with Gasteiger partial charge in [0.1, 0.15) is 6.04 Å². The lowest BCUT2D eigenvalue weighted by Gasteiger charge is -2.27. The number of thioether (sulfide) groups is 1. The molecule has 0 aliphatic carbocycles. The van der Waals surface area contributed by atoms with E-state index in [2.05, 4.69) is 16.7 Å². The number of benzene rings is 2. The molecule has 1 aliphatic heterocycles. The van der Waals surface area contributed by atoms with Gasteiger partial charge in [0.2, 0.25) is 5.75 Å². The third-order valence-corrected chi connectivity index (χ3v) is 5.53. The van der Waals surface area contributed by atoms with E-state index in [1.54, 1.807) is 12.1 Å². The van der Waals surface area contributed by atoms with E-state index < -0.39 is 6.04 Å². The zero-order chi connectivity index (χ0) is 23.1. The number of nitrogens with one attached hydrogen (secondary N) is 2. The summed E-state index contributed by atoms with van der Waals surface area (Å²) in [5.41, 5.74) is 2.46. The summed E-state index contributed by atoms with van der Waals surface area (Å²) in [5, 5.41) is 15.6. The third-order valence-electron chi connectivity index (χ3n) is 4.77. The Kier molecular flexibility index (Phi) is 7.63. The molecule has 8 nitrogen and oxygen atoms in total. The van der Waals surface area contributed by atoms with Crippen LogP contribution in [0.5, 0.6) is 17.2 Å². The molecule has 0 radical (unpaired) electrons. The van der Waals surface area contributed by atoms with Gasteiger partial charge in [-0.1, -0.05) is 30.0 Å². The maximum absolute atomic E-state index is 13.3. The third kappa shape index (κ3) is 4.98. The van der Waals surface area contributed by atoms with Gasteiger partial charge < -0.3 is 24.8 Å². The standard InChI is InChI=1S/C23H24N4O4S/c1-14-19(22(28)26-16-8-6-5-7-9-16)20(27-23(25-14)32-11-10-24)15-12-17(29-2)21(31-4)18(13-15)30-3/h5-9,12-13,20H,11H2,1-4H3,(H,25,27)(H,26,28)/t20-/m0/s1. The Bertz CT molecular complexity index is 1070. The van der Waals surface area contributed by atoms with Crippen molar-refractivity contribution in [2.75, 3.05) is 32.4 Å². The lowest BCUT2D eigenvalue weighted by Crippen LogP contribution is -2.32. The quantitative estimate of drug-likeness (QED) is 0.657. The number of nitriles is 1. The van der Waals surface area contributed by atoms with Crippen molar-refractivity contribution in [3.05, 3.63) is 59.3 Å². The first-order chi connectivity index (χ1) is 15.5. The summed E-state index contributed by atoms with van der Waals surface area (Å²) in [4.78, 5) is 18.0. The number of carbonyl (C=O) groups is 1. The fourth-order valence-corrected chi connectivity index (χ4v) is 3.94. The van der Waals surface area contributed by atoms with Gasteiger partial charge in [-0.25, -0.2) is 4.99 Å². The van der Waals surface area contributed by atoms with Gasteiger partial charge in [-0.05, 0) is 36.8 Å². The predicted molar refractivity (Wildman–Crippen MR) is 125 cm³/mol. The molecule has 1 aliphatic rings. The highest BCUT2D eigenvalue weighted by molar-refractivity contribution is 8.14. The van der Waals surface area contributed by atoms with Crippen molar-refractivity contribution in [3.63, 3.8) is 0 Å². The molecule has 0 unspecified atom stereocenters. The smallest absolute Gasteiger partial charge is 0.255 e. The first-order valence-electron chi connectivity index (χ1n) is 9.74. The Hall–Kier alpha value is -3.64. The van der Waals surface area contributed by atoms with Crippen LogP contribution in [0.15, 0.2) is 58.7 Å². The zero-order valence-electron chi connectivity index (χ0n) is 18.3. The molecule has 0 fully saturated rings. The van der Waals surface area contributed by atoms with Gasteiger partial charge in [-0.2, -0.15) is 5.26 Å². The Morgan fingerprint density at radius 3 is 2.38 bits per heavy atom. The predicted octanol–water partition coefficient (Wildman–Crippen LogP) is 3.88. The molecule has 9 heteroatoms. The summed E-state index contributed by atoms with van der Waals surface area (Å²) >= 11 is 1.27. The Balaban J connectivity index is 2.08. The van der Waals surface area contributed by atoms with Crippen molar-refractivity contribution in [2.45, 2.75) is 13.0 Å². The van der Waals surface area contributed by atoms with Crippen molar-refractivity contribution >= 4 is 28.5 Å². The largest absolute Gasteiger partial charge is 0.493 e. The number of nitrogens with zero attached hydrogens (tertiary/aromatic N) is 2. The number of hydrogen-bond acceptors (Lipinski definition) is 8. The lowest BCUT2D eigenvalue weighted by atomic mass is 9.95. The van der Waals surface area contributed by atoms with Crippen molar-refractivity contribution < 1.29 is 19.0 Å². The molecule has 3 rings (SSSR count). The number of amides is 1. The van der Waals surface area contributed by atoms with E-state index in [-0.39, 0.29) is 11.7 Å². The summed E-state index contributed by atoms with van der Waals surface area (Å²) in [6, 6.07) is 14.2. The second kappa shape index (κ2) is 10.6. The zero-order valence-corrected chi connectivity index (χ0v) is 19.1. The molecule has 2 aromatic rings.